The second kappa shape index (κ2) is 12.5. The van der Waals surface area contributed by atoms with Gasteiger partial charge in [-0.15, -0.1) is 24.8 Å². The Bertz CT molecular complexity index is 485. The quantitative estimate of drug-likeness (QED) is 0.737. The largest absolute Gasteiger partial charge is 0.383 e. The Balaban J connectivity index is 0.00000264. The van der Waals surface area contributed by atoms with E-state index in [0.29, 0.717) is 6.54 Å². The first-order chi connectivity index (χ1) is 10.7. The van der Waals surface area contributed by atoms with Crippen LogP contribution in [0.25, 0.3) is 0 Å². The van der Waals surface area contributed by atoms with Crippen LogP contribution in [0.2, 0.25) is 0 Å². The highest BCUT2D eigenvalue weighted by Gasteiger charge is 2.15. The standard InChI is InChI=1S/C16H25N3O3.2ClH/c1-21-12-15(17)16(20)18-10-13-4-2-3-5-14(13)11-19-6-8-22-9-7-19;;/h2-5,15H,6-12,17H2,1H3,(H,18,20);2*1H. The number of nitrogens with two attached hydrogens (primary N) is 1. The zero-order valence-corrected chi connectivity index (χ0v) is 15.5. The van der Waals surface area contributed by atoms with Crippen LogP contribution in [-0.4, -0.2) is 56.9 Å². The number of hydrogen-bond donors (Lipinski definition) is 2. The molecule has 1 atom stereocenters. The Morgan fingerprint density at radius 2 is 1.92 bits per heavy atom. The van der Waals surface area contributed by atoms with Crippen molar-refractivity contribution in [2.45, 2.75) is 19.1 Å². The summed E-state index contributed by atoms with van der Waals surface area (Å²) in [6, 6.07) is 7.53. The zero-order chi connectivity index (χ0) is 15.8. The van der Waals surface area contributed by atoms with Crippen LogP contribution in [0, 0.1) is 0 Å². The number of carbonyl (C=O) groups is 1. The van der Waals surface area contributed by atoms with E-state index >= 15 is 0 Å². The number of amides is 1. The number of nitrogens with one attached hydrogen (secondary N) is 1. The second-order valence-electron chi connectivity index (χ2n) is 5.44. The maximum absolute atomic E-state index is 11.9. The molecule has 1 aliphatic heterocycles. The molecule has 8 heteroatoms. The molecule has 0 spiro atoms. The van der Waals surface area contributed by atoms with E-state index in [-0.39, 0.29) is 37.3 Å². The lowest BCUT2D eigenvalue weighted by molar-refractivity contribution is -0.123. The molecule has 24 heavy (non-hydrogen) atoms. The Labute approximate surface area is 155 Å². The van der Waals surface area contributed by atoms with Crippen LogP contribution in [0.5, 0.6) is 0 Å². The highest BCUT2D eigenvalue weighted by molar-refractivity contribution is 5.85. The fraction of sp³-hybridized carbons (Fsp3) is 0.562. The number of benzene rings is 1. The van der Waals surface area contributed by atoms with E-state index in [9.17, 15) is 4.79 Å². The number of nitrogens with zero attached hydrogens (tertiary/aromatic N) is 1. The minimum absolute atomic E-state index is 0. The molecule has 0 saturated carbocycles. The van der Waals surface area contributed by atoms with E-state index in [0.717, 1.165) is 38.4 Å². The van der Waals surface area contributed by atoms with E-state index < -0.39 is 6.04 Å². The third kappa shape index (κ3) is 7.34. The van der Waals surface area contributed by atoms with Crippen LogP contribution in [0.3, 0.4) is 0 Å². The van der Waals surface area contributed by atoms with E-state index in [1.165, 1.54) is 12.7 Å². The lowest BCUT2D eigenvalue weighted by Crippen LogP contribution is -2.43. The molecule has 6 nitrogen and oxygen atoms in total. The van der Waals surface area contributed by atoms with Crippen LogP contribution in [-0.2, 0) is 27.4 Å². The molecule has 1 aromatic carbocycles. The summed E-state index contributed by atoms with van der Waals surface area (Å²) >= 11 is 0. The second-order valence-corrected chi connectivity index (χ2v) is 5.44. The maximum atomic E-state index is 11.9. The van der Waals surface area contributed by atoms with Crippen molar-refractivity contribution in [3.8, 4) is 0 Å². The Hall–Kier alpha value is -0.890. The van der Waals surface area contributed by atoms with Gasteiger partial charge in [0, 0.05) is 33.3 Å². The molecule has 0 aliphatic carbocycles. The molecule has 0 radical (unpaired) electrons. The van der Waals surface area contributed by atoms with Gasteiger partial charge in [0.15, 0.2) is 0 Å². The van der Waals surface area contributed by atoms with Gasteiger partial charge in [0.25, 0.3) is 0 Å². The molecule has 0 aromatic heterocycles. The SMILES string of the molecule is COCC(N)C(=O)NCc1ccccc1CN1CCOCC1.Cl.Cl. The van der Waals surface area contributed by atoms with Crippen molar-refractivity contribution in [3.05, 3.63) is 35.4 Å². The van der Waals surface area contributed by atoms with Crippen molar-refractivity contribution >= 4 is 30.7 Å². The smallest absolute Gasteiger partial charge is 0.239 e. The highest BCUT2D eigenvalue weighted by Crippen LogP contribution is 2.13. The Morgan fingerprint density at radius 3 is 2.54 bits per heavy atom. The van der Waals surface area contributed by atoms with Gasteiger partial charge in [-0.1, -0.05) is 24.3 Å². The number of carbonyl (C=O) groups excluding carboxylic acids is 1. The van der Waals surface area contributed by atoms with Gasteiger partial charge in [0.1, 0.15) is 6.04 Å². The normalized spacial score (nSPS) is 15.8. The average Bonchev–Trinajstić information content (AvgIpc) is 2.55. The highest BCUT2D eigenvalue weighted by atomic mass is 35.5. The van der Waals surface area contributed by atoms with E-state index in [4.69, 9.17) is 15.2 Å². The molecule has 1 fully saturated rings. The summed E-state index contributed by atoms with van der Waals surface area (Å²) in [6.07, 6.45) is 0. The molecule has 1 saturated heterocycles. The fourth-order valence-corrected chi connectivity index (χ4v) is 2.45. The van der Waals surface area contributed by atoms with Crippen LogP contribution in [0.15, 0.2) is 24.3 Å². The molecule has 1 amide bonds. The van der Waals surface area contributed by atoms with Gasteiger partial charge < -0.3 is 20.5 Å². The molecule has 3 N–H and O–H groups in total. The number of rotatable bonds is 7. The van der Waals surface area contributed by atoms with E-state index in [1.54, 1.807) is 0 Å². The average molecular weight is 380 g/mol. The number of morpholine rings is 1. The topological polar surface area (TPSA) is 76.8 Å². The minimum atomic E-state index is -0.628. The van der Waals surface area contributed by atoms with Gasteiger partial charge in [-0.25, -0.2) is 0 Å². The molecule has 1 aliphatic rings. The minimum Gasteiger partial charge on any atom is -0.383 e. The Morgan fingerprint density at radius 1 is 1.29 bits per heavy atom. The summed E-state index contributed by atoms with van der Waals surface area (Å²) < 4.78 is 10.3. The van der Waals surface area contributed by atoms with Crippen molar-refractivity contribution in [1.29, 1.82) is 0 Å². The van der Waals surface area contributed by atoms with Gasteiger partial charge in [0.05, 0.1) is 19.8 Å². The molecule has 2 rings (SSSR count). The zero-order valence-electron chi connectivity index (χ0n) is 13.9. The summed E-state index contributed by atoms with van der Waals surface area (Å²) in [5, 5.41) is 2.87. The van der Waals surface area contributed by atoms with Gasteiger partial charge >= 0.3 is 0 Å². The first-order valence-electron chi connectivity index (χ1n) is 7.60. The molecular formula is C16H27Cl2N3O3. The summed E-state index contributed by atoms with van der Waals surface area (Å²) in [7, 11) is 1.53. The fourth-order valence-electron chi connectivity index (χ4n) is 2.45. The molecular weight excluding hydrogens is 353 g/mol. The first-order valence-corrected chi connectivity index (χ1v) is 7.60. The Kier molecular flexibility index (Phi) is 12.0. The third-order valence-electron chi connectivity index (χ3n) is 3.75. The monoisotopic (exact) mass is 379 g/mol. The van der Waals surface area contributed by atoms with Gasteiger partial charge in [-0.05, 0) is 11.1 Å². The molecule has 0 bridgehead atoms. The molecule has 1 aromatic rings. The predicted molar refractivity (Wildman–Crippen MR) is 98.7 cm³/mol. The lowest BCUT2D eigenvalue weighted by atomic mass is 10.1. The van der Waals surface area contributed by atoms with Crippen molar-refractivity contribution in [2.75, 3.05) is 40.0 Å². The summed E-state index contributed by atoms with van der Waals surface area (Å²) in [5.74, 6) is -0.192. The van der Waals surface area contributed by atoms with Gasteiger partial charge in [0.2, 0.25) is 5.91 Å². The number of methoxy groups -OCH3 is 1. The number of hydrogen-bond acceptors (Lipinski definition) is 5. The summed E-state index contributed by atoms with van der Waals surface area (Å²) in [4.78, 5) is 14.2. The van der Waals surface area contributed by atoms with Gasteiger partial charge in [-0.2, -0.15) is 0 Å². The van der Waals surface area contributed by atoms with Crippen LogP contribution >= 0.6 is 24.8 Å². The number of ether oxygens (including phenoxy) is 2. The van der Waals surface area contributed by atoms with E-state index in [2.05, 4.69) is 16.3 Å². The van der Waals surface area contributed by atoms with Crippen LogP contribution in [0.1, 0.15) is 11.1 Å². The van der Waals surface area contributed by atoms with Crippen molar-refractivity contribution in [1.82, 2.24) is 10.2 Å². The van der Waals surface area contributed by atoms with E-state index in [1.807, 2.05) is 18.2 Å². The van der Waals surface area contributed by atoms with Crippen LogP contribution < -0.4 is 11.1 Å². The molecule has 1 unspecified atom stereocenters. The van der Waals surface area contributed by atoms with Gasteiger partial charge in [-0.3, -0.25) is 9.69 Å². The summed E-state index contributed by atoms with van der Waals surface area (Å²) in [5.41, 5.74) is 8.06. The van der Waals surface area contributed by atoms with Crippen LogP contribution in [0.4, 0.5) is 0 Å². The first kappa shape index (κ1) is 23.1. The maximum Gasteiger partial charge on any atom is 0.239 e. The molecule has 138 valence electrons. The lowest BCUT2D eigenvalue weighted by Gasteiger charge is -2.27. The third-order valence-corrected chi connectivity index (χ3v) is 3.75. The summed E-state index contributed by atoms with van der Waals surface area (Å²) in [6.45, 7) is 5.03. The molecule has 1 heterocycles. The van der Waals surface area contributed by atoms with Crippen molar-refractivity contribution in [2.24, 2.45) is 5.73 Å². The predicted octanol–water partition coefficient (Wildman–Crippen LogP) is 0.952. The van der Waals surface area contributed by atoms with Crippen molar-refractivity contribution < 1.29 is 14.3 Å². The number of halogens is 2. The van der Waals surface area contributed by atoms with Crippen molar-refractivity contribution in [3.63, 3.8) is 0 Å².